The lowest BCUT2D eigenvalue weighted by Gasteiger charge is -2.31. The first-order valence-electron chi connectivity index (χ1n) is 5.58. The van der Waals surface area contributed by atoms with Crippen LogP contribution in [0.5, 0.6) is 0 Å². The first-order valence-corrected chi connectivity index (χ1v) is 6.06. The minimum atomic E-state index is -0.0776. The lowest BCUT2D eigenvalue weighted by molar-refractivity contribution is -0.187. The molecule has 1 aliphatic rings. The summed E-state index contributed by atoms with van der Waals surface area (Å²) in [5.41, 5.74) is 1.49. The van der Waals surface area contributed by atoms with Crippen molar-refractivity contribution < 1.29 is 9.47 Å². The van der Waals surface area contributed by atoms with Crippen LogP contribution in [0.2, 0.25) is 0 Å². The Bertz CT molecular complexity index is 168. The number of hydrogen-bond acceptors (Lipinski definition) is 3. The van der Waals surface area contributed by atoms with Crippen LogP contribution in [0.3, 0.4) is 0 Å². The lowest BCUT2D eigenvalue weighted by atomic mass is 10.0. The maximum Gasteiger partial charge on any atom is 0.159 e. The molecule has 3 nitrogen and oxygen atoms in total. The van der Waals surface area contributed by atoms with Crippen molar-refractivity contribution in [2.75, 3.05) is 13.2 Å². The monoisotopic (exact) mass is 233 g/mol. The molecule has 0 radical (unpaired) electrons. The molecule has 0 spiro atoms. The zero-order chi connectivity index (χ0) is 11.7. The molecular weight excluding hydrogens is 210 g/mol. The molecule has 0 aromatic heterocycles. The van der Waals surface area contributed by atoms with E-state index in [0.29, 0.717) is 0 Å². The fourth-order valence-electron chi connectivity index (χ4n) is 1.29. The Hall–Kier alpha value is -0.190. The van der Waals surface area contributed by atoms with Gasteiger partial charge in [0.1, 0.15) is 0 Å². The fourth-order valence-corrected chi connectivity index (χ4v) is 1.61. The summed E-state index contributed by atoms with van der Waals surface area (Å²) >= 11 is 4.75. The highest BCUT2D eigenvalue weighted by atomic mass is 32.1. The maximum absolute atomic E-state index is 5.45. The number of hydrogen-bond donors (Lipinski definition) is 1. The Kier molecular flexibility index (Phi) is 7.92. The first-order chi connectivity index (χ1) is 7.14. The van der Waals surface area contributed by atoms with Crippen molar-refractivity contribution in [1.82, 2.24) is 5.32 Å². The maximum atomic E-state index is 5.45. The third-order valence-electron chi connectivity index (χ3n) is 2.02. The van der Waals surface area contributed by atoms with Crippen LogP contribution in [0.25, 0.3) is 0 Å². The van der Waals surface area contributed by atoms with E-state index >= 15 is 0 Å². The molecule has 1 fully saturated rings. The van der Waals surface area contributed by atoms with E-state index in [1.165, 1.54) is 0 Å². The molecule has 15 heavy (non-hydrogen) atoms. The largest absolute Gasteiger partial charge is 0.377 e. The second-order valence-corrected chi connectivity index (χ2v) is 4.11. The summed E-state index contributed by atoms with van der Waals surface area (Å²) in [4.78, 5) is 0. The molecule has 1 heterocycles. The van der Waals surface area contributed by atoms with Crippen LogP contribution >= 0.6 is 12.2 Å². The van der Waals surface area contributed by atoms with E-state index in [4.69, 9.17) is 21.7 Å². The van der Waals surface area contributed by atoms with Gasteiger partial charge in [-0.3, -0.25) is 0 Å². The van der Waals surface area contributed by atoms with Gasteiger partial charge < -0.3 is 14.8 Å². The van der Waals surface area contributed by atoms with Crippen molar-refractivity contribution in [3.63, 3.8) is 0 Å². The highest BCUT2D eigenvalue weighted by Gasteiger charge is 2.24. The molecule has 90 valence electrons. The van der Waals surface area contributed by atoms with E-state index in [1.54, 1.807) is 5.49 Å². The van der Waals surface area contributed by atoms with Gasteiger partial charge in [-0.2, -0.15) is 0 Å². The van der Waals surface area contributed by atoms with Crippen LogP contribution in [0, 0.1) is 0 Å². The average Bonchev–Trinajstić information content (AvgIpc) is 2.21. The Balaban J connectivity index is 0.000000921. The van der Waals surface area contributed by atoms with Gasteiger partial charge in [-0.25, -0.2) is 0 Å². The van der Waals surface area contributed by atoms with E-state index < -0.39 is 0 Å². The van der Waals surface area contributed by atoms with Crippen molar-refractivity contribution >= 4 is 17.7 Å². The highest BCUT2D eigenvalue weighted by Crippen LogP contribution is 2.17. The molecule has 0 atom stereocenters. The van der Waals surface area contributed by atoms with Gasteiger partial charge in [-0.05, 0) is 20.3 Å². The molecule has 4 heteroatoms. The second kappa shape index (κ2) is 8.02. The summed E-state index contributed by atoms with van der Waals surface area (Å²) < 4.78 is 10.9. The van der Waals surface area contributed by atoms with E-state index in [2.05, 4.69) is 19.2 Å². The average molecular weight is 233 g/mol. The molecule has 0 aliphatic carbocycles. The van der Waals surface area contributed by atoms with Gasteiger partial charge in [0.15, 0.2) is 6.29 Å². The summed E-state index contributed by atoms with van der Waals surface area (Å²) in [6, 6.07) is 0. The van der Waals surface area contributed by atoms with Gasteiger partial charge in [0.2, 0.25) is 0 Å². The molecule has 0 aromatic carbocycles. The summed E-state index contributed by atoms with van der Waals surface area (Å²) in [6.07, 6.45) is 1.74. The molecule has 1 rings (SSSR count). The predicted molar refractivity (Wildman–Crippen MR) is 67.1 cm³/mol. The summed E-state index contributed by atoms with van der Waals surface area (Å²) in [5.74, 6) is 0. The quantitative estimate of drug-likeness (QED) is 0.756. The number of ether oxygens (including phenoxy) is 2. The van der Waals surface area contributed by atoms with Gasteiger partial charge in [-0.15, -0.1) is 0 Å². The van der Waals surface area contributed by atoms with Gasteiger partial charge in [0.25, 0.3) is 0 Å². The van der Waals surface area contributed by atoms with Gasteiger partial charge >= 0.3 is 0 Å². The lowest BCUT2D eigenvalue weighted by Crippen LogP contribution is -2.43. The molecule has 1 saturated heterocycles. The zero-order valence-electron chi connectivity index (χ0n) is 10.2. The van der Waals surface area contributed by atoms with Crippen molar-refractivity contribution in [3.8, 4) is 0 Å². The standard InChI is InChI=1S/C9H17NO2S.C2H6/c1-9(2,10-7-13)6-8-11-4-3-5-12-8;1-2/h7-8H,3-6H2,1-2H3,(H,10,13);1-2H3. The Morgan fingerprint density at radius 1 is 1.33 bits per heavy atom. The molecule has 1 aliphatic heterocycles. The molecular formula is C11H23NO2S. The highest BCUT2D eigenvalue weighted by molar-refractivity contribution is 7.78. The second-order valence-electron chi connectivity index (χ2n) is 3.87. The van der Waals surface area contributed by atoms with Crippen molar-refractivity contribution in [3.05, 3.63) is 0 Å². The minimum Gasteiger partial charge on any atom is -0.377 e. The van der Waals surface area contributed by atoms with Gasteiger partial charge in [0, 0.05) is 12.0 Å². The topological polar surface area (TPSA) is 30.5 Å². The third kappa shape index (κ3) is 6.82. The first kappa shape index (κ1) is 14.8. The molecule has 0 amide bonds. The van der Waals surface area contributed by atoms with E-state index in [-0.39, 0.29) is 11.8 Å². The number of thiocarbonyl (C=S) groups is 1. The van der Waals surface area contributed by atoms with Gasteiger partial charge in [-0.1, -0.05) is 26.1 Å². The van der Waals surface area contributed by atoms with E-state index in [1.807, 2.05) is 13.8 Å². The summed E-state index contributed by atoms with van der Waals surface area (Å²) in [6.45, 7) is 9.77. The Labute approximate surface area is 98.5 Å². The smallest absolute Gasteiger partial charge is 0.159 e. The summed E-state index contributed by atoms with van der Waals surface area (Å²) in [7, 11) is 0. The van der Waals surface area contributed by atoms with Crippen molar-refractivity contribution in [1.29, 1.82) is 0 Å². The van der Waals surface area contributed by atoms with Gasteiger partial charge in [0.05, 0.1) is 18.7 Å². The molecule has 0 saturated carbocycles. The van der Waals surface area contributed by atoms with E-state index in [9.17, 15) is 0 Å². The predicted octanol–water partition coefficient (Wildman–Crippen LogP) is 2.49. The molecule has 0 unspecified atom stereocenters. The third-order valence-corrected chi connectivity index (χ3v) is 2.14. The van der Waals surface area contributed by atoms with E-state index in [0.717, 1.165) is 26.1 Å². The normalized spacial score (nSPS) is 17.6. The van der Waals surface area contributed by atoms with Crippen LogP contribution < -0.4 is 5.32 Å². The zero-order valence-corrected chi connectivity index (χ0v) is 11.0. The molecule has 0 bridgehead atoms. The molecule has 0 aromatic rings. The van der Waals surface area contributed by atoms with Crippen LogP contribution in [0.1, 0.15) is 40.5 Å². The molecule has 1 N–H and O–H groups in total. The number of nitrogens with one attached hydrogen (secondary N) is 1. The van der Waals surface area contributed by atoms with Crippen LogP contribution in [-0.2, 0) is 9.47 Å². The fraction of sp³-hybridized carbons (Fsp3) is 0.909. The summed E-state index contributed by atoms with van der Waals surface area (Å²) in [5, 5.41) is 3.10. The number of rotatable bonds is 4. The van der Waals surface area contributed by atoms with Crippen molar-refractivity contribution in [2.24, 2.45) is 0 Å². The van der Waals surface area contributed by atoms with Crippen LogP contribution in [-0.4, -0.2) is 30.5 Å². The van der Waals surface area contributed by atoms with Crippen LogP contribution in [0.15, 0.2) is 0 Å². The van der Waals surface area contributed by atoms with Crippen LogP contribution in [0.4, 0.5) is 0 Å². The van der Waals surface area contributed by atoms with Crippen molar-refractivity contribution in [2.45, 2.75) is 52.4 Å². The minimum absolute atomic E-state index is 0.0518. The Morgan fingerprint density at radius 2 is 1.87 bits per heavy atom. The SMILES string of the molecule is CC.CC(C)(CC1OCCCO1)NC=S. The Morgan fingerprint density at radius 3 is 2.33 bits per heavy atom.